The van der Waals surface area contributed by atoms with Crippen LogP contribution in [0, 0.1) is 12.1 Å². The molecule has 0 aliphatic heterocycles. The molecular weight excluding hydrogens is 503 g/mol. The van der Waals surface area contributed by atoms with E-state index in [4.69, 9.17) is 0 Å². The summed E-state index contributed by atoms with van der Waals surface area (Å²) in [5.74, 6) is 0. The molecule has 0 N–H and O–H groups in total. The van der Waals surface area contributed by atoms with Gasteiger partial charge in [-0.2, -0.15) is 57.7 Å². The van der Waals surface area contributed by atoms with Crippen LogP contribution in [0.15, 0.2) is 73.3 Å². The van der Waals surface area contributed by atoms with Crippen molar-refractivity contribution in [3.63, 3.8) is 0 Å². The molecule has 5 heteroatoms. The van der Waals surface area contributed by atoms with Crippen LogP contribution in [0.3, 0.4) is 0 Å². The molecular formula is C21H18N4Pt. The van der Waals surface area contributed by atoms with Gasteiger partial charge in [-0.15, -0.1) is 12.1 Å². The van der Waals surface area contributed by atoms with E-state index >= 15 is 0 Å². The van der Waals surface area contributed by atoms with Gasteiger partial charge in [-0.1, -0.05) is 13.8 Å². The zero-order chi connectivity index (χ0) is 17.3. The molecule has 0 radical (unpaired) electrons. The molecule has 4 nitrogen and oxygen atoms in total. The van der Waals surface area contributed by atoms with E-state index in [2.05, 4.69) is 48.3 Å². The molecule has 4 rings (SSSR count). The van der Waals surface area contributed by atoms with Gasteiger partial charge in [-0.05, 0) is 28.9 Å². The maximum Gasteiger partial charge on any atom is 2.00 e. The second-order valence-corrected chi connectivity index (χ2v) is 6.43. The van der Waals surface area contributed by atoms with E-state index < -0.39 is 0 Å². The van der Waals surface area contributed by atoms with Crippen molar-refractivity contribution in [3.8, 4) is 11.4 Å². The number of hydrogen-bond acceptors (Lipinski definition) is 2. The van der Waals surface area contributed by atoms with E-state index in [-0.39, 0.29) is 26.5 Å². The van der Waals surface area contributed by atoms with Crippen molar-refractivity contribution in [2.24, 2.45) is 0 Å². The van der Waals surface area contributed by atoms with Crippen LogP contribution in [0.25, 0.3) is 11.4 Å². The van der Waals surface area contributed by atoms with E-state index in [1.54, 1.807) is 12.4 Å². The Labute approximate surface area is 167 Å². The first-order valence-corrected chi connectivity index (χ1v) is 8.20. The van der Waals surface area contributed by atoms with Crippen molar-refractivity contribution in [1.82, 2.24) is 19.6 Å². The summed E-state index contributed by atoms with van der Waals surface area (Å²) in [5.41, 5.74) is 3.80. The zero-order valence-electron chi connectivity index (χ0n) is 14.5. The topological polar surface area (TPSA) is 35.6 Å². The van der Waals surface area contributed by atoms with Crippen molar-refractivity contribution in [2.75, 3.05) is 0 Å². The maximum atomic E-state index is 4.30. The standard InChI is InChI=1S/C21H18N4.Pt/c1-21(2,17-7-3-9-19(15-17)24-13-5-11-22-24)18-8-4-10-20(16-18)25-14-6-12-23-25;/h3-14H,1-2H3;/q-2;+2. The number of benzene rings is 2. The van der Waals surface area contributed by atoms with Gasteiger partial charge in [-0.25, -0.2) is 0 Å². The van der Waals surface area contributed by atoms with E-state index in [9.17, 15) is 0 Å². The maximum absolute atomic E-state index is 4.30. The van der Waals surface area contributed by atoms with Gasteiger partial charge in [0, 0.05) is 24.8 Å². The molecule has 0 aliphatic carbocycles. The van der Waals surface area contributed by atoms with E-state index in [1.165, 1.54) is 0 Å². The Bertz CT molecular complexity index is 893. The van der Waals surface area contributed by atoms with Crippen molar-refractivity contribution < 1.29 is 21.1 Å². The number of hydrogen-bond donors (Lipinski definition) is 0. The first-order chi connectivity index (χ1) is 12.1. The summed E-state index contributed by atoms with van der Waals surface area (Å²) in [6.45, 7) is 4.37. The third kappa shape index (κ3) is 3.42. The Morgan fingerprint density at radius 2 is 1.19 bits per heavy atom. The van der Waals surface area contributed by atoms with Crippen LogP contribution >= 0.6 is 0 Å². The Balaban J connectivity index is 0.00000196. The predicted octanol–water partition coefficient (Wildman–Crippen LogP) is 3.98. The molecule has 0 saturated carbocycles. The van der Waals surface area contributed by atoms with Crippen molar-refractivity contribution in [3.05, 3.63) is 96.6 Å². The molecule has 0 bridgehead atoms. The summed E-state index contributed by atoms with van der Waals surface area (Å²) >= 11 is 0. The van der Waals surface area contributed by atoms with Crippen LogP contribution in [0.1, 0.15) is 25.0 Å². The molecule has 0 unspecified atom stereocenters. The van der Waals surface area contributed by atoms with Crippen LogP contribution in [0.2, 0.25) is 0 Å². The van der Waals surface area contributed by atoms with Gasteiger partial charge in [0.1, 0.15) is 0 Å². The van der Waals surface area contributed by atoms with E-state index in [0.29, 0.717) is 0 Å². The average Bonchev–Trinajstić information content (AvgIpc) is 3.36. The summed E-state index contributed by atoms with van der Waals surface area (Å²) in [6.07, 6.45) is 7.39. The Morgan fingerprint density at radius 3 is 1.58 bits per heavy atom. The summed E-state index contributed by atoms with van der Waals surface area (Å²) in [6, 6.07) is 23.1. The van der Waals surface area contributed by atoms with Crippen molar-refractivity contribution in [1.29, 1.82) is 0 Å². The monoisotopic (exact) mass is 521 g/mol. The zero-order valence-corrected chi connectivity index (χ0v) is 16.8. The minimum Gasteiger partial charge on any atom is -0.266 e. The smallest absolute Gasteiger partial charge is 0.266 e. The van der Waals surface area contributed by atoms with Gasteiger partial charge >= 0.3 is 21.1 Å². The molecule has 2 aromatic heterocycles. The van der Waals surface area contributed by atoms with Crippen LogP contribution in [-0.2, 0) is 26.5 Å². The minimum absolute atomic E-state index is 0. The fourth-order valence-corrected chi connectivity index (χ4v) is 2.88. The van der Waals surface area contributed by atoms with Crippen LogP contribution in [-0.4, -0.2) is 19.6 Å². The van der Waals surface area contributed by atoms with Crippen molar-refractivity contribution >= 4 is 0 Å². The van der Waals surface area contributed by atoms with Gasteiger partial charge in [0.2, 0.25) is 0 Å². The fourth-order valence-electron chi connectivity index (χ4n) is 2.88. The third-order valence-electron chi connectivity index (χ3n) is 4.41. The molecule has 26 heavy (non-hydrogen) atoms. The molecule has 0 aliphatic rings. The van der Waals surface area contributed by atoms with Gasteiger partial charge in [0.25, 0.3) is 0 Å². The summed E-state index contributed by atoms with van der Waals surface area (Å²) in [4.78, 5) is 0. The molecule has 2 aromatic carbocycles. The summed E-state index contributed by atoms with van der Waals surface area (Å²) in [5, 5.41) is 8.59. The number of rotatable bonds is 4. The fraction of sp³-hybridized carbons (Fsp3) is 0.143. The summed E-state index contributed by atoms with van der Waals surface area (Å²) < 4.78 is 3.65. The molecule has 132 valence electrons. The second kappa shape index (κ2) is 7.43. The van der Waals surface area contributed by atoms with Crippen LogP contribution in [0.4, 0.5) is 0 Å². The quantitative estimate of drug-likeness (QED) is 0.381. The molecule has 0 spiro atoms. The Hall–Kier alpha value is -2.45. The number of aromatic nitrogens is 4. The SMILES string of the molecule is CC(C)(c1[c-]c(-n2cccn2)ccc1)c1[c-]c(-n2cccn2)ccc1.[Pt+2]. The van der Waals surface area contributed by atoms with Gasteiger partial charge < -0.3 is 0 Å². The average molecular weight is 521 g/mol. The third-order valence-corrected chi connectivity index (χ3v) is 4.41. The van der Waals surface area contributed by atoms with Gasteiger partial charge in [0.05, 0.1) is 0 Å². The van der Waals surface area contributed by atoms with Gasteiger partial charge in [0.15, 0.2) is 0 Å². The largest absolute Gasteiger partial charge is 2.00 e. The normalized spacial score (nSPS) is 11.2. The van der Waals surface area contributed by atoms with Crippen LogP contribution in [0.5, 0.6) is 0 Å². The first-order valence-electron chi connectivity index (χ1n) is 8.20. The molecule has 0 amide bonds. The van der Waals surface area contributed by atoms with Crippen LogP contribution < -0.4 is 0 Å². The Kier molecular flexibility index (Phi) is 5.24. The molecule has 2 heterocycles. The van der Waals surface area contributed by atoms with Gasteiger partial charge in [-0.3, -0.25) is 9.36 Å². The number of nitrogens with zero attached hydrogens (tertiary/aromatic N) is 4. The Morgan fingerprint density at radius 1 is 0.731 bits per heavy atom. The molecule has 0 atom stereocenters. The molecule has 0 fully saturated rings. The summed E-state index contributed by atoms with van der Waals surface area (Å²) in [7, 11) is 0. The molecule has 0 saturated heterocycles. The van der Waals surface area contributed by atoms with E-state index in [1.807, 2.05) is 58.2 Å². The minimum atomic E-state index is -0.244. The van der Waals surface area contributed by atoms with E-state index in [0.717, 1.165) is 22.5 Å². The second-order valence-electron chi connectivity index (χ2n) is 6.43. The van der Waals surface area contributed by atoms with Crippen molar-refractivity contribution in [2.45, 2.75) is 19.3 Å². The predicted molar refractivity (Wildman–Crippen MR) is 96.9 cm³/mol. The first kappa shape index (κ1) is 18.3. The molecule has 4 aromatic rings.